The van der Waals surface area contributed by atoms with Crippen molar-refractivity contribution in [2.24, 2.45) is 0 Å². The summed E-state index contributed by atoms with van der Waals surface area (Å²) >= 11 is 0.389. The number of unbranched alkanes of at least 4 members (excludes halogenated alkanes) is 1. The van der Waals surface area contributed by atoms with Crippen LogP contribution in [0.5, 0.6) is 0 Å². The molecule has 0 spiro atoms. The molecule has 0 unspecified atom stereocenters. The SMILES string of the molecule is Cc1[se]c2ccccc2[n+]1CCCCS(=O)(=O)O. The van der Waals surface area contributed by atoms with Crippen molar-refractivity contribution in [3.63, 3.8) is 0 Å². The number of rotatable bonds is 5. The van der Waals surface area contributed by atoms with Crippen LogP contribution in [0.15, 0.2) is 24.3 Å². The van der Waals surface area contributed by atoms with Crippen LogP contribution in [0.25, 0.3) is 9.78 Å². The van der Waals surface area contributed by atoms with Gasteiger partial charge in [0.05, 0.1) is 0 Å². The molecule has 0 amide bonds. The van der Waals surface area contributed by atoms with E-state index in [4.69, 9.17) is 4.55 Å². The van der Waals surface area contributed by atoms with Gasteiger partial charge in [0.25, 0.3) is 0 Å². The van der Waals surface area contributed by atoms with Crippen LogP contribution in [-0.4, -0.2) is 33.2 Å². The van der Waals surface area contributed by atoms with Gasteiger partial charge in [-0.3, -0.25) is 0 Å². The molecule has 1 aromatic carbocycles. The van der Waals surface area contributed by atoms with Gasteiger partial charge in [0.15, 0.2) is 0 Å². The van der Waals surface area contributed by atoms with Gasteiger partial charge in [-0.15, -0.1) is 0 Å². The van der Waals surface area contributed by atoms with E-state index in [-0.39, 0.29) is 5.75 Å². The molecule has 0 bridgehead atoms. The normalized spacial score (nSPS) is 12.1. The Kier molecular flexibility index (Phi) is 4.22. The topological polar surface area (TPSA) is 58.2 Å². The molecule has 2 aromatic rings. The average molecular weight is 333 g/mol. The second-order valence-corrected chi connectivity index (χ2v) is 8.40. The van der Waals surface area contributed by atoms with Crippen LogP contribution in [0.4, 0.5) is 0 Å². The van der Waals surface area contributed by atoms with Crippen LogP contribution in [0.3, 0.4) is 0 Å². The van der Waals surface area contributed by atoms with Gasteiger partial charge in [0.1, 0.15) is 0 Å². The molecule has 0 saturated carbocycles. The minimum atomic E-state index is -3.82. The molecule has 0 saturated heterocycles. The van der Waals surface area contributed by atoms with E-state index in [2.05, 4.69) is 29.7 Å². The zero-order chi connectivity index (χ0) is 13.2. The van der Waals surface area contributed by atoms with Crippen molar-refractivity contribution in [1.29, 1.82) is 0 Å². The van der Waals surface area contributed by atoms with Crippen LogP contribution in [0.1, 0.15) is 17.4 Å². The van der Waals surface area contributed by atoms with Crippen molar-refractivity contribution in [3.8, 4) is 0 Å². The van der Waals surface area contributed by atoms with E-state index in [0.29, 0.717) is 20.9 Å². The fourth-order valence-corrected chi connectivity index (χ4v) is 4.75. The summed E-state index contributed by atoms with van der Waals surface area (Å²) in [6.07, 6.45) is 1.26. The average Bonchev–Trinajstić information content (AvgIpc) is 2.59. The molecule has 98 valence electrons. The molecule has 18 heavy (non-hydrogen) atoms. The third-order valence-electron chi connectivity index (χ3n) is 2.83. The standard InChI is InChI=1S/C12H15NO3SSe/c1-10-13(8-4-5-9-17(14,15)16)11-6-2-3-7-12(11)18-10/h2-3,6-7H,4-5,8-9H2,1H3/p+1. The number of nitrogens with zero attached hydrogens (tertiary/aromatic N) is 1. The third-order valence-corrected chi connectivity index (χ3v) is 5.90. The van der Waals surface area contributed by atoms with Crippen LogP contribution in [-0.2, 0) is 16.7 Å². The number of hydrogen-bond donors (Lipinski definition) is 1. The number of aromatic nitrogens is 1. The Bertz CT molecular complexity index is 648. The number of fused-ring (bicyclic) bond motifs is 1. The number of para-hydroxylation sites is 1. The summed E-state index contributed by atoms with van der Waals surface area (Å²) in [4.78, 5) is 0. The van der Waals surface area contributed by atoms with Gasteiger partial charge in [-0.1, -0.05) is 0 Å². The van der Waals surface area contributed by atoms with Gasteiger partial charge in [0, 0.05) is 0 Å². The first-order valence-electron chi connectivity index (χ1n) is 5.80. The van der Waals surface area contributed by atoms with Crippen molar-refractivity contribution in [3.05, 3.63) is 28.8 Å². The summed E-state index contributed by atoms with van der Waals surface area (Å²) in [6.45, 7) is 2.95. The van der Waals surface area contributed by atoms with E-state index < -0.39 is 10.1 Å². The molecule has 1 heterocycles. The maximum atomic E-state index is 10.6. The van der Waals surface area contributed by atoms with E-state index >= 15 is 0 Å². The quantitative estimate of drug-likeness (QED) is 0.387. The van der Waals surface area contributed by atoms with E-state index in [1.807, 2.05) is 6.07 Å². The Balaban J connectivity index is 2.06. The van der Waals surface area contributed by atoms with Crippen molar-refractivity contribution in [2.75, 3.05) is 5.75 Å². The van der Waals surface area contributed by atoms with Crippen LogP contribution < -0.4 is 4.57 Å². The van der Waals surface area contributed by atoms with Gasteiger partial charge in [-0.05, 0) is 0 Å². The van der Waals surface area contributed by atoms with Gasteiger partial charge < -0.3 is 0 Å². The maximum absolute atomic E-state index is 10.6. The van der Waals surface area contributed by atoms with Crippen molar-refractivity contribution in [2.45, 2.75) is 26.3 Å². The molecular weight excluding hydrogens is 317 g/mol. The molecule has 4 nitrogen and oxygen atoms in total. The second kappa shape index (κ2) is 5.53. The summed E-state index contributed by atoms with van der Waals surface area (Å²) in [5.41, 5.74) is 1.25. The first-order chi connectivity index (χ1) is 8.47. The summed E-state index contributed by atoms with van der Waals surface area (Å²) in [5, 5.41) is 0. The molecule has 6 heteroatoms. The molecule has 0 aliphatic carbocycles. The summed E-state index contributed by atoms with van der Waals surface area (Å²) in [7, 11) is -3.82. The Morgan fingerprint density at radius 3 is 2.72 bits per heavy atom. The molecule has 0 aliphatic rings. The van der Waals surface area contributed by atoms with Crippen molar-refractivity contribution in [1.82, 2.24) is 0 Å². The van der Waals surface area contributed by atoms with Crippen molar-refractivity contribution < 1.29 is 17.5 Å². The van der Waals surface area contributed by atoms with Gasteiger partial charge in [-0.2, -0.15) is 0 Å². The van der Waals surface area contributed by atoms with Gasteiger partial charge in [-0.25, -0.2) is 0 Å². The molecule has 0 fully saturated rings. The number of hydrogen-bond acceptors (Lipinski definition) is 2. The summed E-state index contributed by atoms with van der Waals surface area (Å²) in [6, 6.07) is 8.34. The van der Waals surface area contributed by atoms with Gasteiger partial charge in [0.2, 0.25) is 0 Å². The molecule has 2 rings (SSSR count). The Hall–Kier alpha value is -0.681. The zero-order valence-electron chi connectivity index (χ0n) is 10.2. The first kappa shape index (κ1) is 13.7. The van der Waals surface area contributed by atoms with Crippen molar-refractivity contribution >= 4 is 34.4 Å². The second-order valence-electron chi connectivity index (χ2n) is 4.23. The Morgan fingerprint density at radius 2 is 2.00 bits per heavy atom. The third kappa shape index (κ3) is 3.42. The zero-order valence-corrected chi connectivity index (χ0v) is 12.7. The molecule has 0 aliphatic heterocycles. The predicted octanol–water partition coefficient (Wildman–Crippen LogP) is 1.16. The van der Waals surface area contributed by atoms with E-state index in [9.17, 15) is 8.42 Å². The summed E-state index contributed by atoms with van der Waals surface area (Å²) in [5.74, 6) is -0.146. The fraction of sp³-hybridized carbons (Fsp3) is 0.417. The first-order valence-corrected chi connectivity index (χ1v) is 9.13. The Labute approximate surface area is 113 Å². The summed E-state index contributed by atoms with van der Waals surface area (Å²) < 4.78 is 34.9. The fourth-order valence-electron chi connectivity index (χ4n) is 1.98. The van der Waals surface area contributed by atoms with Crippen LogP contribution >= 0.6 is 0 Å². The number of benzene rings is 1. The molecule has 0 radical (unpaired) electrons. The van der Waals surface area contributed by atoms with E-state index in [1.165, 1.54) is 14.3 Å². The van der Waals surface area contributed by atoms with E-state index in [1.54, 1.807) is 0 Å². The van der Waals surface area contributed by atoms with Gasteiger partial charge >= 0.3 is 113 Å². The van der Waals surface area contributed by atoms with Crippen LogP contribution in [0.2, 0.25) is 0 Å². The van der Waals surface area contributed by atoms with Crippen LogP contribution in [0, 0.1) is 6.92 Å². The molecule has 1 N–H and O–H groups in total. The molecule has 1 aromatic heterocycles. The Morgan fingerprint density at radius 1 is 1.28 bits per heavy atom. The molecule has 0 atom stereocenters. The number of aryl methyl sites for hydroxylation is 2. The molecular formula is C12H16NO3SSe+. The van der Waals surface area contributed by atoms with E-state index in [0.717, 1.165) is 13.0 Å². The predicted molar refractivity (Wildman–Crippen MR) is 71.5 cm³/mol. The minimum absolute atomic E-state index is 0.146. The monoisotopic (exact) mass is 334 g/mol.